The molecule has 3 aromatic heterocycles. The molecular weight excluding hydrogens is 711 g/mol. The average molecular weight is 758 g/mol. The number of aromatic nitrogens is 1. The normalized spacial score (nSPS) is 20.3. The first kappa shape index (κ1) is 37.3. The molecule has 5 aromatic rings. The molecule has 2 bridgehead atoms. The van der Waals surface area contributed by atoms with Crippen LogP contribution >= 0.6 is 22.7 Å². The first-order chi connectivity index (χ1) is 25.7. The van der Waals surface area contributed by atoms with E-state index in [2.05, 4.69) is 34.4 Å². The molecule has 0 spiro atoms. The summed E-state index contributed by atoms with van der Waals surface area (Å²) in [6.45, 7) is 3.49. The van der Waals surface area contributed by atoms with Crippen molar-refractivity contribution in [3.05, 3.63) is 115 Å². The van der Waals surface area contributed by atoms with E-state index in [0.717, 1.165) is 56.5 Å². The molecule has 2 aromatic carbocycles. The van der Waals surface area contributed by atoms with E-state index in [1.165, 1.54) is 34.8 Å². The number of nitrogens with one attached hydrogen (secondary N) is 2. The summed E-state index contributed by atoms with van der Waals surface area (Å²) in [6, 6.07) is 21.6. The van der Waals surface area contributed by atoms with E-state index in [9.17, 15) is 24.9 Å². The van der Waals surface area contributed by atoms with Crippen LogP contribution in [0.15, 0.2) is 88.4 Å². The third-order valence-corrected chi connectivity index (χ3v) is 12.9. The van der Waals surface area contributed by atoms with E-state index in [4.69, 9.17) is 9.47 Å². The molecule has 2 fully saturated rings. The number of aromatic hydroxyl groups is 1. The Morgan fingerprint density at radius 2 is 1.79 bits per heavy atom. The van der Waals surface area contributed by atoms with Gasteiger partial charge < -0.3 is 40.0 Å². The van der Waals surface area contributed by atoms with Crippen LogP contribution < -0.4 is 15.6 Å². The van der Waals surface area contributed by atoms with Crippen LogP contribution in [0.2, 0.25) is 0 Å². The van der Waals surface area contributed by atoms with Crippen LogP contribution in [0.3, 0.4) is 0 Å². The lowest BCUT2D eigenvalue weighted by atomic mass is 9.95. The van der Waals surface area contributed by atoms with Crippen molar-refractivity contribution in [3.8, 4) is 11.5 Å². The smallest absolute Gasteiger partial charge is 0.349 e. The average Bonchev–Trinajstić information content (AvgIpc) is 4.00. The first-order valence-electron chi connectivity index (χ1n) is 18.4. The number of aliphatic hydroxyl groups excluding tert-OH is 1. The Labute approximate surface area is 317 Å². The Morgan fingerprint density at radius 3 is 2.51 bits per heavy atom. The standard InChI is InChI=1S/C41H47N3O7S2/c1-44(25-32-27-9-12-30(32)35(23-27)51-40(48)41(49,36-5-2-21-52-36)37-6-3-22-53-37)19-4-20-50-28-10-7-26(8-11-28)17-18-42-24-34(46)29-13-15-33(45)39-31(29)14-16-38(47)43-39/h2-3,5-8,10-11,13-16,21-22,27,30,32,34-35,42,45-46,49H,4,9,12,17-20,23-25H2,1H3,(H,43,47)/t27?,30?,32?,34-,35?/m0/s1. The highest BCUT2D eigenvalue weighted by atomic mass is 32.1. The van der Waals surface area contributed by atoms with Gasteiger partial charge in [-0.05, 0) is 116 Å². The predicted molar refractivity (Wildman–Crippen MR) is 208 cm³/mol. The zero-order valence-electron chi connectivity index (χ0n) is 29.8. The molecule has 2 saturated carbocycles. The van der Waals surface area contributed by atoms with Crippen LogP contribution in [0.25, 0.3) is 10.9 Å². The predicted octanol–water partition coefficient (Wildman–Crippen LogP) is 5.82. The van der Waals surface area contributed by atoms with E-state index in [-0.39, 0.29) is 17.4 Å². The number of pyridine rings is 1. The fourth-order valence-corrected chi connectivity index (χ4v) is 9.92. The van der Waals surface area contributed by atoms with Gasteiger partial charge in [0.25, 0.3) is 0 Å². The van der Waals surface area contributed by atoms with Crippen molar-refractivity contribution in [2.75, 3.05) is 39.8 Å². The molecular formula is C41H47N3O7S2. The third-order valence-electron chi connectivity index (χ3n) is 10.9. The number of carbonyl (C=O) groups is 1. The Balaban J connectivity index is 0.811. The monoisotopic (exact) mass is 757 g/mol. The molecule has 280 valence electrons. The number of ether oxygens (including phenoxy) is 2. The molecule has 10 nitrogen and oxygen atoms in total. The number of esters is 1. The maximum atomic E-state index is 13.6. The quantitative estimate of drug-likeness (QED) is 0.0586. The number of benzene rings is 2. The zero-order chi connectivity index (χ0) is 37.0. The molecule has 3 heterocycles. The molecule has 5 N–H and O–H groups in total. The summed E-state index contributed by atoms with van der Waals surface area (Å²) in [5.41, 5.74) is 0.0461. The number of aromatic amines is 1. The van der Waals surface area contributed by atoms with Gasteiger partial charge in [-0.2, -0.15) is 0 Å². The van der Waals surface area contributed by atoms with Gasteiger partial charge in [-0.3, -0.25) is 4.79 Å². The second-order valence-electron chi connectivity index (χ2n) is 14.4. The van der Waals surface area contributed by atoms with Gasteiger partial charge in [-0.15, -0.1) is 22.7 Å². The van der Waals surface area contributed by atoms with Crippen LogP contribution in [0, 0.1) is 17.8 Å². The minimum Gasteiger partial charge on any atom is -0.506 e. The number of nitrogens with zero attached hydrogens (tertiary/aromatic N) is 1. The molecule has 2 aliphatic rings. The van der Waals surface area contributed by atoms with E-state index in [1.54, 1.807) is 24.3 Å². The molecule has 7 rings (SSSR count). The number of phenols is 1. The molecule has 0 amide bonds. The van der Waals surface area contributed by atoms with Crippen molar-refractivity contribution in [1.82, 2.24) is 15.2 Å². The summed E-state index contributed by atoms with van der Waals surface area (Å²) in [6.07, 6.45) is 3.79. The minimum absolute atomic E-state index is 0.0276. The molecule has 0 aliphatic heterocycles. The van der Waals surface area contributed by atoms with Crippen LogP contribution in [0.5, 0.6) is 11.5 Å². The highest BCUT2D eigenvalue weighted by Gasteiger charge is 2.52. The van der Waals surface area contributed by atoms with Crippen molar-refractivity contribution >= 4 is 39.5 Å². The number of thiophene rings is 2. The Morgan fingerprint density at radius 1 is 1.04 bits per heavy atom. The van der Waals surface area contributed by atoms with Crippen molar-refractivity contribution in [2.45, 2.75) is 49.9 Å². The second kappa shape index (κ2) is 16.5. The van der Waals surface area contributed by atoms with Gasteiger partial charge in [0.2, 0.25) is 11.2 Å². The fourth-order valence-electron chi connectivity index (χ4n) is 8.20. The molecule has 2 aliphatic carbocycles. The zero-order valence-corrected chi connectivity index (χ0v) is 31.4. The van der Waals surface area contributed by atoms with E-state index < -0.39 is 17.7 Å². The van der Waals surface area contributed by atoms with Gasteiger partial charge >= 0.3 is 5.97 Å². The van der Waals surface area contributed by atoms with E-state index in [1.807, 2.05) is 35.0 Å². The van der Waals surface area contributed by atoms with Gasteiger partial charge in [-0.1, -0.05) is 30.3 Å². The molecule has 53 heavy (non-hydrogen) atoms. The molecule has 0 radical (unpaired) electrons. The van der Waals surface area contributed by atoms with Gasteiger partial charge in [0.15, 0.2) is 0 Å². The van der Waals surface area contributed by atoms with Gasteiger partial charge in [0.05, 0.1) is 28.0 Å². The molecule has 0 saturated heterocycles. The maximum Gasteiger partial charge on any atom is 0.349 e. The first-order valence-corrected chi connectivity index (χ1v) is 20.1. The summed E-state index contributed by atoms with van der Waals surface area (Å²) < 4.78 is 12.2. The molecule has 12 heteroatoms. The van der Waals surface area contributed by atoms with Crippen LogP contribution in [-0.4, -0.2) is 77.1 Å². The summed E-state index contributed by atoms with van der Waals surface area (Å²) >= 11 is 2.74. The Bertz CT molecular complexity index is 1980. The maximum absolute atomic E-state index is 13.6. The van der Waals surface area contributed by atoms with Crippen LogP contribution in [0.4, 0.5) is 0 Å². The Hall–Kier alpha value is -4.04. The number of hydrogen-bond acceptors (Lipinski definition) is 11. The van der Waals surface area contributed by atoms with Crippen LogP contribution in [0.1, 0.15) is 52.7 Å². The van der Waals surface area contributed by atoms with Crippen molar-refractivity contribution in [3.63, 3.8) is 0 Å². The third kappa shape index (κ3) is 8.23. The number of phenolic OH excluding ortho intramolecular Hbond substituents is 1. The highest BCUT2D eigenvalue weighted by molar-refractivity contribution is 7.12. The van der Waals surface area contributed by atoms with Crippen LogP contribution in [-0.2, 0) is 21.6 Å². The summed E-state index contributed by atoms with van der Waals surface area (Å²) in [7, 11) is 2.15. The summed E-state index contributed by atoms with van der Waals surface area (Å²) in [4.78, 5) is 31.5. The Kier molecular flexibility index (Phi) is 11.6. The van der Waals surface area contributed by atoms with Gasteiger partial charge in [-0.25, -0.2) is 4.79 Å². The number of hydrogen-bond donors (Lipinski definition) is 5. The molecule has 4 unspecified atom stereocenters. The molecule has 5 atom stereocenters. The largest absolute Gasteiger partial charge is 0.506 e. The van der Waals surface area contributed by atoms with Crippen molar-refractivity contribution in [2.24, 2.45) is 17.8 Å². The summed E-state index contributed by atoms with van der Waals surface area (Å²) in [5.74, 6) is 1.55. The number of carbonyl (C=O) groups excluding carboxylic acids is 1. The summed E-state index contributed by atoms with van der Waals surface area (Å²) in [5, 5.41) is 40.2. The van der Waals surface area contributed by atoms with Gasteiger partial charge in [0, 0.05) is 37.0 Å². The lowest BCUT2D eigenvalue weighted by molar-refractivity contribution is -0.170. The number of aliphatic hydroxyl groups is 2. The van der Waals surface area contributed by atoms with Gasteiger partial charge in [0.1, 0.15) is 17.6 Å². The second-order valence-corrected chi connectivity index (χ2v) is 16.3. The highest BCUT2D eigenvalue weighted by Crippen LogP contribution is 2.51. The minimum atomic E-state index is -1.77. The lowest BCUT2D eigenvalue weighted by Gasteiger charge is -2.29. The van der Waals surface area contributed by atoms with Crippen molar-refractivity contribution < 1.29 is 29.6 Å². The number of H-pyrrole nitrogens is 1. The number of fused-ring (bicyclic) bond motifs is 3. The van der Waals surface area contributed by atoms with Crippen molar-refractivity contribution in [1.29, 1.82) is 0 Å². The van der Waals surface area contributed by atoms with E-state index in [0.29, 0.717) is 63.7 Å². The lowest BCUT2D eigenvalue weighted by Crippen LogP contribution is -2.40. The number of rotatable bonds is 17. The topological polar surface area (TPSA) is 144 Å². The SMILES string of the molecule is CN(CCCOc1ccc(CCNC[C@H](O)c2ccc(O)c3[nH]c(=O)ccc23)cc1)CC1C2CCC1C(OC(=O)C(O)(c1cccs1)c1cccs1)C2. The fraction of sp³-hybridized carbons (Fsp3) is 0.415. The van der Waals surface area contributed by atoms with E-state index >= 15 is 0 Å².